The van der Waals surface area contributed by atoms with Gasteiger partial charge in [0.1, 0.15) is 15.9 Å². The fourth-order valence-corrected chi connectivity index (χ4v) is 3.55. The van der Waals surface area contributed by atoms with Gasteiger partial charge in [0.15, 0.2) is 0 Å². The molecule has 6 heteroatoms. The molecule has 5 nitrogen and oxygen atoms in total. The first kappa shape index (κ1) is 16.1. The molecule has 0 saturated heterocycles. The Morgan fingerprint density at radius 3 is 2.70 bits per heavy atom. The Labute approximate surface area is 143 Å². The number of benzene rings is 1. The normalized spacial score (nSPS) is 16.7. The van der Waals surface area contributed by atoms with E-state index >= 15 is 0 Å². The van der Waals surface area contributed by atoms with Crippen LogP contribution in [0.1, 0.15) is 42.6 Å². The minimum atomic E-state index is -0.529. The van der Waals surface area contributed by atoms with Gasteiger partial charge in [0.05, 0.1) is 12.8 Å². The van der Waals surface area contributed by atoms with E-state index in [9.17, 15) is 9.90 Å². The Morgan fingerprint density at radius 2 is 2.09 bits per heavy atom. The van der Waals surface area contributed by atoms with Gasteiger partial charge in [-0.15, -0.1) is 0 Å². The Morgan fingerprint density at radius 1 is 1.39 bits per heavy atom. The number of methoxy groups -OCH3 is 1. The molecule has 0 fully saturated rings. The lowest BCUT2D eigenvalue weighted by molar-refractivity contribution is 0.0597. The second-order valence-electron chi connectivity index (χ2n) is 6.90. The van der Waals surface area contributed by atoms with Crippen LogP contribution in [0.15, 0.2) is 22.8 Å². The van der Waals surface area contributed by atoms with Crippen molar-refractivity contribution < 1.29 is 14.6 Å². The molecule has 0 unspecified atom stereocenters. The number of halogens is 1. The van der Waals surface area contributed by atoms with Gasteiger partial charge in [-0.1, -0.05) is 20.8 Å². The van der Waals surface area contributed by atoms with Crippen molar-refractivity contribution in [2.24, 2.45) is 5.41 Å². The molecule has 2 heterocycles. The molecule has 1 aromatic heterocycles. The summed E-state index contributed by atoms with van der Waals surface area (Å²) in [6.07, 6.45) is 0. The maximum absolute atomic E-state index is 11.9. The number of aromatic hydroxyl groups is 1. The van der Waals surface area contributed by atoms with Crippen LogP contribution in [0.2, 0.25) is 0 Å². The number of ether oxygens (including phenoxy) is 1. The minimum absolute atomic E-state index is 0.0186. The molecular weight excluding hydrogens is 360 g/mol. The van der Waals surface area contributed by atoms with Crippen LogP contribution in [0, 0.1) is 5.41 Å². The molecule has 0 aliphatic carbocycles. The summed E-state index contributed by atoms with van der Waals surface area (Å²) in [4.78, 5) is 11.9. The SMILES string of the molecule is COC(=O)c1cc2c(cc1O)-c1cc(Br)nn1C[C@H]2C(C)(C)C. The van der Waals surface area contributed by atoms with E-state index in [0.717, 1.165) is 28.0 Å². The molecule has 0 amide bonds. The van der Waals surface area contributed by atoms with E-state index in [1.807, 2.05) is 10.7 Å². The lowest BCUT2D eigenvalue weighted by Crippen LogP contribution is -2.28. The first-order chi connectivity index (χ1) is 10.7. The number of fused-ring (bicyclic) bond motifs is 3. The van der Waals surface area contributed by atoms with Gasteiger partial charge in [0, 0.05) is 18.0 Å². The summed E-state index contributed by atoms with van der Waals surface area (Å²) in [5.74, 6) is -0.437. The van der Waals surface area contributed by atoms with E-state index in [1.165, 1.54) is 7.11 Å². The number of rotatable bonds is 1. The third-order valence-electron chi connectivity index (χ3n) is 4.38. The van der Waals surface area contributed by atoms with Crippen LogP contribution in [0.25, 0.3) is 11.3 Å². The van der Waals surface area contributed by atoms with Gasteiger partial charge in [-0.2, -0.15) is 5.10 Å². The highest BCUT2D eigenvalue weighted by atomic mass is 79.9. The van der Waals surface area contributed by atoms with Gasteiger partial charge in [-0.25, -0.2) is 4.79 Å². The fraction of sp³-hybridized carbons (Fsp3) is 0.412. The second kappa shape index (κ2) is 5.37. The molecule has 1 aromatic carbocycles. The van der Waals surface area contributed by atoms with Crippen LogP contribution in [0.3, 0.4) is 0 Å². The molecule has 0 bridgehead atoms. The summed E-state index contributed by atoms with van der Waals surface area (Å²) in [5, 5.41) is 14.7. The molecule has 2 aromatic rings. The lowest BCUT2D eigenvalue weighted by atomic mass is 9.73. The van der Waals surface area contributed by atoms with E-state index in [-0.39, 0.29) is 22.6 Å². The Bertz CT molecular complexity index is 790. The minimum Gasteiger partial charge on any atom is -0.507 e. The van der Waals surface area contributed by atoms with Crippen molar-refractivity contribution in [1.82, 2.24) is 9.78 Å². The van der Waals surface area contributed by atoms with Gasteiger partial charge < -0.3 is 9.84 Å². The number of phenolic OH excluding ortho intramolecular Hbond substituents is 1. The molecule has 1 aliphatic rings. The van der Waals surface area contributed by atoms with Gasteiger partial charge in [-0.05, 0) is 45.1 Å². The van der Waals surface area contributed by atoms with Crippen molar-refractivity contribution in [1.29, 1.82) is 0 Å². The Hall–Kier alpha value is -1.82. The first-order valence-corrected chi connectivity index (χ1v) is 8.20. The molecule has 3 rings (SSSR count). The number of hydrogen-bond acceptors (Lipinski definition) is 4. The van der Waals surface area contributed by atoms with Crippen molar-refractivity contribution in [3.63, 3.8) is 0 Å². The predicted octanol–water partition coefficient (Wildman–Crippen LogP) is 3.95. The Balaban J connectivity index is 2.27. The zero-order valence-corrected chi connectivity index (χ0v) is 15.1. The highest BCUT2D eigenvalue weighted by molar-refractivity contribution is 9.10. The van der Waals surface area contributed by atoms with Gasteiger partial charge in [0.2, 0.25) is 0 Å². The third-order valence-corrected chi connectivity index (χ3v) is 4.76. The van der Waals surface area contributed by atoms with Crippen molar-refractivity contribution in [2.45, 2.75) is 33.2 Å². The standard InChI is InChI=1S/C17H19BrN2O3/c1-17(2,3)12-8-20-13(7-15(18)19-20)10-6-14(21)11(5-9(10)12)16(22)23-4/h5-7,12,21H,8H2,1-4H3/t12-/m1/s1. The number of esters is 1. The summed E-state index contributed by atoms with van der Waals surface area (Å²) in [6, 6.07) is 5.32. The van der Waals surface area contributed by atoms with Crippen molar-refractivity contribution in [2.75, 3.05) is 7.11 Å². The van der Waals surface area contributed by atoms with Crippen LogP contribution >= 0.6 is 15.9 Å². The number of phenols is 1. The first-order valence-electron chi connectivity index (χ1n) is 7.41. The average Bonchev–Trinajstić information content (AvgIpc) is 2.84. The lowest BCUT2D eigenvalue weighted by Gasteiger charge is -2.36. The summed E-state index contributed by atoms with van der Waals surface area (Å²) in [5.41, 5.74) is 3.05. The van der Waals surface area contributed by atoms with Crippen LogP contribution in [-0.4, -0.2) is 28.0 Å². The number of aromatic nitrogens is 2. The van der Waals surface area contributed by atoms with E-state index in [1.54, 1.807) is 12.1 Å². The molecule has 23 heavy (non-hydrogen) atoms. The van der Waals surface area contributed by atoms with Crippen molar-refractivity contribution in [3.05, 3.63) is 33.9 Å². The molecule has 0 spiro atoms. The number of hydrogen-bond donors (Lipinski definition) is 1. The van der Waals surface area contributed by atoms with E-state index in [4.69, 9.17) is 4.74 Å². The van der Waals surface area contributed by atoms with Gasteiger partial charge in [0.25, 0.3) is 0 Å². The maximum atomic E-state index is 11.9. The molecule has 1 N–H and O–H groups in total. The van der Waals surface area contributed by atoms with Crippen LogP contribution in [-0.2, 0) is 11.3 Å². The molecule has 0 saturated carbocycles. The van der Waals surface area contributed by atoms with Gasteiger partial charge >= 0.3 is 5.97 Å². The molecule has 0 radical (unpaired) electrons. The molecule has 1 atom stereocenters. The summed E-state index contributed by atoms with van der Waals surface area (Å²) >= 11 is 3.41. The van der Waals surface area contributed by atoms with Crippen LogP contribution in [0.5, 0.6) is 5.75 Å². The fourth-order valence-electron chi connectivity index (χ4n) is 3.14. The quantitative estimate of drug-likeness (QED) is 0.763. The smallest absolute Gasteiger partial charge is 0.341 e. The number of nitrogens with zero attached hydrogens (tertiary/aromatic N) is 2. The van der Waals surface area contributed by atoms with Crippen LogP contribution < -0.4 is 0 Å². The monoisotopic (exact) mass is 378 g/mol. The topological polar surface area (TPSA) is 64.3 Å². The van der Waals surface area contributed by atoms with Crippen molar-refractivity contribution >= 4 is 21.9 Å². The largest absolute Gasteiger partial charge is 0.507 e. The zero-order chi connectivity index (χ0) is 16.9. The van der Waals surface area contributed by atoms with Crippen molar-refractivity contribution in [3.8, 4) is 17.0 Å². The highest BCUT2D eigenvalue weighted by Crippen LogP contribution is 2.47. The molecular formula is C17H19BrN2O3. The molecule has 122 valence electrons. The summed E-state index contributed by atoms with van der Waals surface area (Å²) < 4.78 is 7.48. The summed E-state index contributed by atoms with van der Waals surface area (Å²) in [6.45, 7) is 7.21. The summed E-state index contributed by atoms with van der Waals surface area (Å²) in [7, 11) is 1.31. The zero-order valence-electron chi connectivity index (χ0n) is 13.6. The maximum Gasteiger partial charge on any atom is 0.341 e. The van der Waals surface area contributed by atoms with E-state index in [2.05, 4.69) is 41.8 Å². The van der Waals surface area contributed by atoms with E-state index < -0.39 is 5.97 Å². The van der Waals surface area contributed by atoms with Crippen LogP contribution in [0.4, 0.5) is 0 Å². The second-order valence-corrected chi connectivity index (χ2v) is 7.71. The van der Waals surface area contributed by atoms with Gasteiger partial charge in [-0.3, -0.25) is 4.68 Å². The molecule has 1 aliphatic heterocycles. The predicted molar refractivity (Wildman–Crippen MR) is 90.6 cm³/mol. The third kappa shape index (κ3) is 2.65. The number of carbonyl (C=O) groups is 1. The van der Waals surface area contributed by atoms with E-state index in [0.29, 0.717) is 0 Å². The Kier molecular flexibility index (Phi) is 3.75. The average molecular weight is 379 g/mol. The number of carbonyl (C=O) groups excluding carboxylic acids is 1. The highest BCUT2D eigenvalue weighted by Gasteiger charge is 2.35.